The van der Waals surface area contributed by atoms with Crippen LogP contribution >= 0.6 is 0 Å². The van der Waals surface area contributed by atoms with Crippen LogP contribution in [0.3, 0.4) is 0 Å². The SMILES string of the molecule is Cc1cc(C)c(CC(=O)C2(C(=O)O)CCC(=O)CC2)c(C)c1. The van der Waals surface area contributed by atoms with Crippen molar-refractivity contribution in [2.75, 3.05) is 0 Å². The van der Waals surface area contributed by atoms with Gasteiger partial charge in [0.1, 0.15) is 11.2 Å². The molecule has 22 heavy (non-hydrogen) atoms. The molecule has 0 bridgehead atoms. The van der Waals surface area contributed by atoms with Crippen molar-refractivity contribution in [3.63, 3.8) is 0 Å². The molecule has 0 saturated heterocycles. The zero-order valence-corrected chi connectivity index (χ0v) is 13.4. The molecular weight excluding hydrogens is 280 g/mol. The Hall–Kier alpha value is -1.97. The minimum absolute atomic E-state index is 0.0485. The van der Waals surface area contributed by atoms with Gasteiger partial charge in [0.05, 0.1) is 0 Å². The summed E-state index contributed by atoms with van der Waals surface area (Å²) < 4.78 is 0. The van der Waals surface area contributed by atoms with Crippen LogP contribution in [0.1, 0.15) is 47.9 Å². The fourth-order valence-corrected chi connectivity index (χ4v) is 3.39. The van der Waals surface area contributed by atoms with Crippen LogP contribution < -0.4 is 0 Å². The third-order valence-corrected chi connectivity index (χ3v) is 4.78. The van der Waals surface area contributed by atoms with Gasteiger partial charge in [0.2, 0.25) is 0 Å². The number of carboxylic acids is 1. The van der Waals surface area contributed by atoms with E-state index in [1.807, 2.05) is 32.9 Å². The van der Waals surface area contributed by atoms with Crippen LogP contribution in [0.5, 0.6) is 0 Å². The van der Waals surface area contributed by atoms with E-state index >= 15 is 0 Å². The van der Waals surface area contributed by atoms with Gasteiger partial charge >= 0.3 is 5.97 Å². The second-order valence-corrected chi connectivity index (χ2v) is 6.40. The monoisotopic (exact) mass is 302 g/mol. The number of carbonyl (C=O) groups is 3. The molecule has 0 amide bonds. The molecule has 0 spiro atoms. The van der Waals surface area contributed by atoms with E-state index in [9.17, 15) is 19.5 Å². The first-order chi connectivity index (χ1) is 10.3. The number of Topliss-reactive ketones (excluding diaryl/α,β-unsaturated/α-hetero) is 2. The Kier molecular flexibility index (Phi) is 4.50. The quantitative estimate of drug-likeness (QED) is 0.868. The van der Waals surface area contributed by atoms with Crippen molar-refractivity contribution in [2.45, 2.75) is 52.9 Å². The first-order valence-corrected chi connectivity index (χ1v) is 7.61. The van der Waals surface area contributed by atoms with Crippen LogP contribution in [0.2, 0.25) is 0 Å². The standard InChI is InChI=1S/C18H22O4/c1-11-8-12(2)15(13(3)9-11)10-16(20)18(17(21)22)6-4-14(19)5-7-18/h8-9H,4-7,10H2,1-3H3,(H,21,22). The average Bonchev–Trinajstić information content (AvgIpc) is 2.43. The van der Waals surface area contributed by atoms with Gasteiger partial charge in [0.25, 0.3) is 0 Å². The third kappa shape index (κ3) is 2.96. The molecule has 1 fully saturated rings. The van der Waals surface area contributed by atoms with Crippen molar-refractivity contribution in [3.8, 4) is 0 Å². The maximum Gasteiger partial charge on any atom is 0.317 e. The van der Waals surface area contributed by atoms with Gasteiger partial charge in [-0.05, 0) is 50.3 Å². The molecule has 4 heteroatoms. The highest BCUT2D eigenvalue weighted by atomic mass is 16.4. The molecule has 1 aromatic carbocycles. The van der Waals surface area contributed by atoms with E-state index in [0.29, 0.717) is 0 Å². The number of aliphatic carboxylic acids is 1. The van der Waals surface area contributed by atoms with Crippen molar-refractivity contribution in [1.29, 1.82) is 0 Å². The molecule has 0 atom stereocenters. The van der Waals surface area contributed by atoms with Gasteiger partial charge in [0, 0.05) is 19.3 Å². The number of hydrogen-bond acceptors (Lipinski definition) is 3. The molecule has 1 aliphatic carbocycles. The zero-order valence-electron chi connectivity index (χ0n) is 13.4. The molecule has 0 aliphatic heterocycles. The summed E-state index contributed by atoms with van der Waals surface area (Å²) in [6, 6.07) is 4.01. The molecule has 4 nitrogen and oxygen atoms in total. The van der Waals surface area contributed by atoms with Gasteiger partial charge in [0.15, 0.2) is 5.78 Å². The van der Waals surface area contributed by atoms with Gasteiger partial charge in [-0.1, -0.05) is 17.7 Å². The van der Waals surface area contributed by atoms with Crippen LogP contribution in [0.15, 0.2) is 12.1 Å². The predicted molar refractivity (Wildman–Crippen MR) is 82.9 cm³/mol. The van der Waals surface area contributed by atoms with E-state index in [2.05, 4.69) is 0 Å². The van der Waals surface area contributed by atoms with Crippen LogP contribution in [-0.2, 0) is 20.8 Å². The average molecular weight is 302 g/mol. The number of carbonyl (C=O) groups excluding carboxylic acids is 2. The van der Waals surface area contributed by atoms with Gasteiger partial charge in [-0.25, -0.2) is 0 Å². The minimum atomic E-state index is -1.39. The fraction of sp³-hybridized carbons (Fsp3) is 0.500. The van der Waals surface area contributed by atoms with E-state index in [1.165, 1.54) is 0 Å². The molecule has 1 N–H and O–H groups in total. The lowest BCUT2D eigenvalue weighted by atomic mass is 9.69. The summed E-state index contributed by atoms with van der Waals surface area (Å²) in [5.41, 5.74) is 2.67. The maximum atomic E-state index is 12.7. The Balaban J connectivity index is 2.30. The van der Waals surface area contributed by atoms with Gasteiger partial charge in [-0.15, -0.1) is 0 Å². The lowest BCUT2D eigenvalue weighted by molar-refractivity contribution is -0.157. The highest BCUT2D eigenvalue weighted by Crippen LogP contribution is 2.37. The Labute approximate surface area is 130 Å². The van der Waals surface area contributed by atoms with Crippen molar-refractivity contribution in [1.82, 2.24) is 0 Å². The topological polar surface area (TPSA) is 71.4 Å². The molecule has 2 rings (SSSR count). The summed E-state index contributed by atoms with van der Waals surface area (Å²) in [5, 5.41) is 9.57. The summed E-state index contributed by atoms with van der Waals surface area (Å²) in [6.07, 6.45) is 0.750. The fourth-order valence-electron chi connectivity index (χ4n) is 3.39. The van der Waals surface area contributed by atoms with E-state index < -0.39 is 11.4 Å². The van der Waals surface area contributed by atoms with E-state index in [4.69, 9.17) is 0 Å². The molecule has 0 heterocycles. The van der Waals surface area contributed by atoms with Crippen molar-refractivity contribution >= 4 is 17.5 Å². The van der Waals surface area contributed by atoms with E-state index in [-0.39, 0.29) is 43.7 Å². The summed E-state index contributed by atoms with van der Waals surface area (Å²) in [5.74, 6) is -1.32. The Morgan fingerprint density at radius 1 is 1.09 bits per heavy atom. The molecule has 1 aliphatic rings. The number of hydrogen-bond donors (Lipinski definition) is 1. The Bertz CT molecular complexity index is 609. The minimum Gasteiger partial charge on any atom is -0.480 e. The first kappa shape index (κ1) is 16.4. The summed E-state index contributed by atoms with van der Waals surface area (Å²) in [6.45, 7) is 5.89. The van der Waals surface area contributed by atoms with Crippen molar-refractivity contribution < 1.29 is 19.5 Å². The predicted octanol–water partition coefficient (Wildman–Crippen LogP) is 2.94. The molecule has 0 radical (unpaired) electrons. The molecule has 1 aromatic rings. The molecule has 0 unspecified atom stereocenters. The molecule has 1 saturated carbocycles. The van der Waals surface area contributed by atoms with Crippen LogP contribution in [0, 0.1) is 26.2 Å². The zero-order chi connectivity index (χ0) is 16.5. The number of rotatable bonds is 4. The van der Waals surface area contributed by atoms with Crippen molar-refractivity contribution in [2.24, 2.45) is 5.41 Å². The molecular formula is C18H22O4. The maximum absolute atomic E-state index is 12.7. The van der Waals surface area contributed by atoms with Crippen molar-refractivity contribution in [3.05, 3.63) is 34.4 Å². The highest BCUT2D eigenvalue weighted by Gasteiger charge is 2.47. The smallest absolute Gasteiger partial charge is 0.317 e. The van der Waals surface area contributed by atoms with Gasteiger partial charge in [-0.3, -0.25) is 14.4 Å². The first-order valence-electron chi connectivity index (χ1n) is 7.61. The molecule has 0 aromatic heterocycles. The molecule has 118 valence electrons. The summed E-state index contributed by atoms with van der Waals surface area (Å²) >= 11 is 0. The lowest BCUT2D eigenvalue weighted by Crippen LogP contribution is -2.43. The summed E-state index contributed by atoms with van der Waals surface area (Å²) in [7, 11) is 0. The number of carboxylic acid groups (broad SMARTS) is 1. The second kappa shape index (κ2) is 6.03. The number of benzene rings is 1. The van der Waals surface area contributed by atoms with Crippen LogP contribution in [0.4, 0.5) is 0 Å². The third-order valence-electron chi connectivity index (χ3n) is 4.78. The highest BCUT2D eigenvalue weighted by molar-refractivity contribution is 6.05. The van der Waals surface area contributed by atoms with Gasteiger partial charge < -0.3 is 5.11 Å². The Morgan fingerprint density at radius 3 is 2.05 bits per heavy atom. The van der Waals surface area contributed by atoms with Crippen LogP contribution in [0.25, 0.3) is 0 Å². The van der Waals surface area contributed by atoms with E-state index in [0.717, 1.165) is 22.3 Å². The lowest BCUT2D eigenvalue weighted by Gasteiger charge is -2.31. The number of aryl methyl sites for hydroxylation is 3. The normalized spacial score (nSPS) is 17.3. The van der Waals surface area contributed by atoms with E-state index in [1.54, 1.807) is 0 Å². The van der Waals surface area contributed by atoms with Crippen LogP contribution in [-0.4, -0.2) is 22.6 Å². The van der Waals surface area contributed by atoms with Gasteiger partial charge in [-0.2, -0.15) is 0 Å². The summed E-state index contributed by atoms with van der Waals surface area (Å²) in [4.78, 5) is 35.8. The largest absolute Gasteiger partial charge is 0.480 e. The number of ketones is 2. The second-order valence-electron chi connectivity index (χ2n) is 6.40. The Morgan fingerprint density at radius 2 is 1.59 bits per heavy atom.